The predicted molar refractivity (Wildman–Crippen MR) is 122 cm³/mol. The summed E-state index contributed by atoms with van der Waals surface area (Å²) in [4.78, 5) is 16.1. The van der Waals surface area contributed by atoms with Crippen LogP contribution in [0.2, 0.25) is 0 Å². The fraction of sp³-hybridized carbons (Fsp3) is 0.429. The Morgan fingerprint density at radius 3 is 0.966 bits per heavy atom. The number of aromatic nitrogens is 4. The molecule has 0 fully saturated rings. The molecule has 8 heteroatoms. The molecule has 0 saturated carbocycles. The summed E-state index contributed by atoms with van der Waals surface area (Å²) in [7, 11) is 0. The Kier molecular flexibility index (Phi) is 12.7. The van der Waals surface area contributed by atoms with Gasteiger partial charge in [0, 0.05) is 36.0 Å². The van der Waals surface area contributed by atoms with E-state index in [1.807, 2.05) is 55.4 Å². The molecule has 0 amide bonds. The van der Waals surface area contributed by atoms with Gasteiger partial charge in [0.1, 0.15) is 12.5 Å². The normalized spacial score (nSPS) is 9.10. The quantitative estimate of drug-likeness (QED) is 0.304. The van der Waals surface area contributed by atoms with Gasteiger partial charge in [-0.2, -0.15) is 0 Å². The fourth-order valence-corrected chi connectivity index (χ4v) is 3.07. The molecular weight excluding hydrogens is 404 g/mol. The van der Waals surface area contributed by atoms with E-state index >= 15 is 0 Å². The van der Waals surface area contributed by atoms with Crippen molar-refractivity contribution in [2.45, 2.75) is 62.8 Å². The molecule has 0 N–H and O–H groups in total. The van der Waals surface area contributed by atoms with Gasteiger partial charge in [0.25, 0.3) is 0 Å². The lowest BCUT2D eigenvalue weighted by Gasteiger charge is -1.71. The lowest BCUT2D eigenvalue weighted by Crippen LogP contribution is -1.67. The highest BCUT2D eigenvalue weighted by atomic mass is 32.1. The van der Waals surface area contributed by atoms with E-state index < -0.39 is 0 Å². The minimum Gasteiger partial charge on any atom is -0.449 e. The fourth-order valence-electron chi connectivity index (χ4n) is 1.89. The van der Waals surface area contributed by atoms with Crippen molar-refractivity contribution >= 4 is 22.7 Å². The summed E-state index contributed by atoms with van der Waals surface area (Å²) in [5.41, 5.74) is 4.14. The Balaban J connectivity index is 0.000000356. The molecule has 4 aromatic rings. The van der Waals surface area contributed by atoms with Crippen LogP contribution in [0.25, 0.3) is 0 Å². The number of aryl methyl sites for hydroxylation is 8. The Labute approximate surface area is 182 Å². The lowest BCUT2D eigenvalue weighted by atomic mass is 10.6. The first-order valence-electron chi connectivity index (χ1n) is 8.70. The summed E-state index contributed by atoms with van der Waals surface area (Å²) in [5.74, 6) is 1.47. The van der Waals surface area contributed by atoms with Crippen LogP contribution in [0.5, 0.6) is 0 Å². The van der Waals surface area contributed by atoms with Crippen LogP contribution in [0.1, 0.15) is 52.0 Å². The van der Waals surface area contributed by atoms with E-state index in [0.29, 0.717) is 0 Å². The predicted octanol–water partition coefficient (Wildman–Crippen LogP) is 6.74. The third kappa shape index (κ3) is 12.7. The minimum absolute atomic E-state index is 0. The van der Waals surface area contributed by atoms with Gasteiger partial charge in [-0.05, 0) is 41.5 Å². The second kappa shape index (κ2) is 13.8. The summed E-state index contributed by atoms with van der Waals surface area (Å²) in [6.07, 6.45) is 3.27. The van der Waals surface area contributed by atoms with Gasteiger partial charge in [0.2, 0.25) is 0 Å². The molecule has 0 aliphatic rings. The average molecular weight is 437 g/mol. The first kappa shape index (κ1) is 26.7. The second-order valence-corrected chi connectivity index (χ2v) is 8.16. The SMILES string of the molecule is C.Cc1coc(C)n1.Cc1coc(C)n1.Cc1csc(C)n1.Cc1csc(C)n1. The van der Waals surface area contributed by atoms with Gasteiger partial charge in [-0.15, -0.1) is 22.7 Å². The number of nitrogens with zero attached hydrogens (tertiary/aromatic N) is 4. The zero-order chi connectivity index (χ0) is 21.1. The third-order valence-electron chi connectivity index (χ3n) is 2.94. The van der Waals surface area contributed by atoms with Crippen molar-refractivity contribution in [3.63, 3.8) is 0 Å². The molecule has 0 spiro atoms. The molecule has 0 bridgehead atoms. The van der Waals surface area contributed by atoms with Crippen molar-refractivity contribution in [2.24, 2.45) is 0 Å². The van der Waals surface area contributed by atoms with Crippen molar-refractivity contribution in [1.29, 1.82) is 0 Å². The average Bonchev–Trinajstić information content (AvgIpc) is 3.37. The Morgan fingerprint density at radius 1 is 0.552 bits per heavy atom. The molecule has 160 valence electrons. The number of rotatable bonds is 0. The molecule has 0 aromatic carbocycles. The highest BCUT2D eigenvalue weighted by Gasteiger charge is 1.88. The molecule has 0 unspecified atom stereocenters. The Morgan fingerprint density at radius 2 is 0.897 bits per heavy atom. The monoisotopic (exact) mass is 436 g/mol. The van der Waals surface area contributed by atoms with Gasteiger partial charge in [0.05, 0.1) is 21.4 Å². The molecule has 0 radical (unpaired) electrons. The number of hydrogen-bond donors (Lipinski definition) is 0. The zero-order valence-corrected chi connectivity index (χ0v) is 19.4. The van der Waals surface area contributed by atoms with Crippen LogP contribution < -0.4 is 0 Å². The smallest absolute Gasteiger partial charge is 0.191 e. The topological polar surface area (TPSA) is 77.8 Å². The maximum absolute atomic E-state index is 4.85. The van der Waals surface area contributed by atoms with Gasteiger partial charge in [-0.25, -0.2) is 19.9 Å². The van der Waals surface area contributed by atoms with Gasteiger partial charge in [-0.1, -0.05) is 7.43 Å². The van der Waals surface area contributed by atoms with Gasteiger partial charge >= 0.3 is 0 Å². The first-order chi connectivity index (χ1) is 13.2. The lowest BCUT2D eigenvalue weighted by molar-refractivity contribution is 0.520. The van der Waals surface area contributed by atoms with E-state index in [1.54, 1.807) is 35.2 Å². The maximum atomic E-state index is 4.85. The maximum Gasteiger partial charge on any atom is 0.191 e. The molecular formula is C21H32N4O2S2. The zero-order valence-electron chi connectivity index (χ0n) is 17.7. The summed E-state index contributed by atoms with van der Waals surface area (Å²) < 4.78 is 9.71. The van der Waals surface area contributed by atoms with Crippen LogP contribution in [0.4, 0.5) is 0 Å². The van der Waals surface area contributed by atoms with Gasteiger partial charge < -0.3 is 8.83 Å². The van der Waals surface area contributed by atoms with Crippen LogP contribution >= 0.6 is 22.7 Å². The molecule has 0 aliphatic heterocycles. The standard InChI is InChI=1S/2C5H7NO.2C5H7NS.CH4/c4*1-4-3-7-5(2)6-4;/h4*3H,1-2H3;1H4. The van der Waals surface area contributed by atoms with E-state index in [-0.39, 0.29) is 7.43 Å². The van der Waals surface area contributed by atoms with Crippen LogP contribution in [0, 0.1) is 55.4 Å². The number of hydrogen-bond acceptors (Lipinski definition) is 8. The summed E-state index contributed by atoms with van der Waals surface area (Å²) >= 11 is 3.39. The van der Waals surface area contributed by atoms with E-state index in [0.717, 1.165) is 44.6 Å². The first-order valence-corrected chi connectivity index (χ1v) is 10.5. The number of thiazole rings is 2. The Bertz CT molecular complexity index is 719. The molecule has 0 aliphatic carbocycles. The van der Waals surface area contributed by atoms with E-state index in [4.69, 9.17) is 8.83 Å². The summed E-state index contributed by atoms with van der Waals surface area (Å²) in [6.45, 7) is 15.5. The molecule has 4 aromatic heterocycles. The van der Waals surface area contributed by atoms with Crippen molar-refractivity contribution in [3.8, 4) is 0 Å². The Hall–Kier alpha value is -2.32. The van der Waals surface area contributed by atoms with Crippen LogP contribution in [-0.4, -0.2) is 19.9 Å². The van der Waals surface area contributed by atoms with Crippen molar-refractivity contribution in [1.82, 2.24) is 19.9 Å². The van der Waals surface area contributed by atoms with Gasteiger partial charge in [-0.3, -0.25) is 0 Å². The molecule has 29 heavy (non-hydrogen) atoms. The summed E-state index contributed by atoms with van der Waals surface area (Å²) in [5, 5.41) is 6.40. The highest BCUT2D eigenvalue weighted by molar-refractivity contribution is 7.09. The van der Waals surface area contributed by atoms with E-state index in [1.165, 1.54) is 0 Å². The molecule has 0 saturated heterocycles. The van der Waals surface area contributed by atoms with Crippen LogP contribution in [-0.2, 0) is 0 Å². The highest BCUT2D eigenvalue weighted by Crippen LogP contribution is 2.05. The van der Waals surface area contributed by atoms with Crippen LogP contribution in [0.3, 0.4) is 0 Å². The second-order valence-electron chi connectivity index (χ2n) is 6.03. The largest absolute Gasteiger partial charge is 0.449 e. The van der Waals surface area contributed by atoms with E-state index in [2.05, 4.69) is 30.7 Å². The summed E-state index contributed by atoms with van der Waals surface area (Å²) in [6, 6.07) is 0. The molecule has 0 atom stereocenters. The molecule has 4 heterocycles. The van der Waals surface area contributed by atoms with Crippen LogP contribution in [0.15, 0.2) is 32.1 Å². The van der Waals surface area contributed by atoms with Crippen molar-refractivity contribution in [3.05, 3.63) is 67.9 Å². The van der Waals surface area contributed by atoms with Gasteiger partial charge in [0.15, 0.2) is 11.8 Å². The molecule has 6 nitrogen and oxygen atoms in total. The van der Waals surface area contributed by atoms with Crippen molar-refractivity contribution < 1.29 is 8.83 Å². The molecule has 4 rings (SSSR count). The third-order valence-corrected chi connectivity index (χ3v) is 4.72. The van der Waals surface area contributed by atoms with E-state index in [9.17, 15) is 0 Å². The minimum atomic E-state index is 0. The van der Waals surface area contributed by atoms with Crippen molar-refractivity contribution in [2.75, 3.05) is 0 Å². The number of oxazole rings is 2.